The number of ether oxygens (including phenoxy) is 2. The molecule has 2 atom stereocenters. The Balaban J connectivity index is 1.54. The van der Waals surface area contributed by atoms with E-state index >= 15 is 0 Å². The average molecular weight is 351 g/mol. The van der Waals surface area contributed by atoms with Gasteiger partial charge in [-0.3, -0.25) is 19.3 Å². The van der Waals surface area contributed by atoms with E-state index in [1.54, 1.807) is 0 Å². The molecule has 2 unspecified atom stereocenters. The summed E-state index contributed by atoms with van der Waals surface area (Å²) >= 11 is 0. The van der Waals surface area contributed by atoms with Gasteiger partial charge in [-0.05, 0) is 30.2 Å². The number of carbonyl (C=O) groups excluding carboxylic acids is 3. The molecule has 0 bridgehead atoms. The molecular weight excluding hydrogens is 322 g/mol. The summed E-state index contributed by atoms with van der Waals surface area (Å²) in [6, 6.07) is 0. The SMILES string of the molecule is CC1(C)C(C(=O)C2C(=O)OC(CCCN3CCOCC3)C2=O)C1(C)C. The normalized spacial score (nSPS) is 31.8. The number of ketones is 2. The van der Waals surface area contributed by atoms with Crippen LogP contribution in [0.1, 0.15) is 40.5 Å². The van der Waals surface area contributed by atoms with E-state index in [4.69, 9.17) is 9.47 Å². The minimum Gasteiger partial charge on any atom is -0.453 e. The highest BCUT2D eigenvalue weighted by Gasteiger charge is 2.70. The molecule has 140 valence electrons. The molecule has 2 saturated heterocycles. The molecule has 3 fully saturated rings. The summed E-state index contributed by atoms with van der Waals surface area (Å²) in [6.45, 7) is 12.2. The predicted octanol–water partition coefficient (Wildman–Crippen LogP) is 1.46. The van der Waals surface area contributed by atoms with E-state index in [2.05, 4.69) is 4.90 Å². The highest BCUT2D eigenvalue weighted by molar-refractivity contribution is 6.23. The molecule has 0 amide bonds. The molecule has 1 saturated carbocycles. The fourth-order valence-electron chi connectivity index (χ4n) is 4.43. The van der Waals surface area contributed by atoms with E-state index in [0.29, 0.717) is 6.42 Å². The van der Waals surface area contributed by atoms with Gasteiger partial charge in [0.05, 0.1) is 13.2 Å². The summed E-state index contributed by atoms with van der Waals surface area (Å²) < 4.78 is 10.6. The highest BCUT2D eigenvalue weighted by atomic mass is 16.6. The number of cyclic esters (lactones) is 1. The average Bonchev–Trinajstić information content (AvgIpc) is 2.79. The molecule has 0 N–H and O–H groups in total. The van der Waals surface area contributed by atoms with Crippen LogP contribution in [0.15, 0.2) is 0 Å². The third-order valence-corrected chi connectivity index (χ3v) is 6.73. The number of morpholine rings is 1. The van der Waals surface area contributed by atoms with E-state index < -0.39 is 18.0 Å². The number of hydrogen-bond acceptors (Lipinski definition) is 6. The third kappa shape index (κ3) is 3.14. The van der Waals surface area contributed by atoms with Crippen molar-refractivity contribution in [2.24, 2.45) is 22.7 Å². The molecule has 2 heterocycles. The number of nitrogens with zero attached hydrogens (tertiary/aromatic N) is 1. The first-order valence-electron chi connectivity index (χ1n) is 9.26. The topological polar surface area (TPSA) is 72.9 Å². The molecule has 6 heteroatoms. The van der Waals surface area contributed by atoms with Crippen molar-refractivity contribution in [3.63, 3.8) is 0 Å². The largest absolute Gasteiger partial charge is 0.453 e. The molecule has 1 aliphatic carbocycles. The van der Waals surface area contributed by atoms with Crippen molar-refractivity contribution in [2.45, 2.75) is 46.6 Å². The summed E-state index contributed by atoms with van der Waals surface area (Å²) in [5.74, 6) is -2.70. The van der Waals surface area contributed by atoms with Crippen molar-refractivity contribution in [3.8, 4) is 0 Å². The van der Waals surface area contributed by atoms with Gasteiger partial charge in [0.15, 0.2) is 23.6 Å². The molecule has 25 heavy (non-hydrogen) atoms. The minimum atomic E-state index is -1.21. The standard InChI is InChI=1S/C19H29NO5/c1-18(2)16(19(18,3)4)15(22)13-14(21)12(25-17(13)23)6-5-7-20-8-10-24-11-9-20/h12-13,16H,5-11H2,1-4H3. The number of rotatable bonds is 6. The second kappa shape index (κ2) is 6.47. The lowest BCUT2D eigenvalue weighted by Crippen LogP contribution is -2.37. The van der Waals surface area contributed by atoms with Gasteiger partial charge in [-0.15, -0.1) is 0 Å². The van der Waals surface area contributed by atoms with Crippen molar-refractivity contribution in [1.82, 2.24) is 4.90 Å². The van der Waals surface area contributed by atoms with Gasteiger partial charge < -0.3 is 9.47 Å². The van der Waals surface area contributed by atoms with E-state index in [9.17, 15) is 14.4 Å². The fourth-order valence-corrected chi connectivity index (χ4v) is 4.43. The van der Waals surface area contributed by atoms with E-state index in [-0.39, 0.29) is 28.3 Å². The fraction of sp³-hybridized carbons (Fsp3) is 0.842. The number of esters is 1. The van der Waals surface area contributed by atoms with Gasteiger partial charge in [-0.2, -0.15) is 0 Å². The lowest BCUT2D eigenvalue weighted by Gasteiger charge is -2.26. The monoisotopic (exact) mass is 351 g/mol. The summed E-state index contributed by atoms with van der Waals surface area (Å²) in [6.07, 6.45) is 0.501. The molecule has 0 aromatic heterocycles. The summed E-state index contributed by atoms with van der Waals surface area (Å²) in [7, 11) is 0. The van der Waals surface area contributed by atoms with Gasteiger partial charge in [0, 0.05) is 19.0 Å². The Labute approximate surface area is 149 Å². The Morgan fingerprint density at radius 3 is 2.28 bits per heavy atom. The van der Waals surface area contributed by atoms with Crippen LogP contribution in [0.2, 0.25) is 0 Å². The molecule has 3 rings (SSSR count). The first kappa shape index (κ1) is 18.5. The quantitative estimate of drug-likeness (QED) is 0.533. The molecule has 0 aromatic carbocycles. The van der Waals surface area contributed by atoms with Crippen LogP contribution in [0.4, 0.5) is 0 Å². The van der Waals surface area contributed by atoms with Crippen molar-refractivity contribution < 1.29 is 23.9 Å². The maximum Gasteiger partial charge on any atom is 0.325 e. The first-order chi connectivity index (χ1) is 11.7. The van der Waals surface area contributed by atoms with Crippen LogP contribution in [0.3, 0.4) is 0 Å². The predicted molar refractivity (Wildman–Crippen MR) is 90.9 cm³/mol. The number of hydrogen-bond donors (Lipinski definition) is 0. The van der Waals surface area contributed by atoms with Crippen molar-refractivity contribution in [3.05, 3.63) is 0 Å². The van der Waals surface area contributed by atoms with E-state index in [1.165, 1.54) is 0 Å². The van der Waals surface area contributed by atoms with Crippen molar-refractivity contribution in [1.29, 1.82) is 0 Å². The van der Waals surface area contributed by atoms with Gasteiger partial charge in [-0.25, -0.2) is 0 Å². The Morgan fingerprint density at radius 2 is 1.72 bits per heavy atom. The van der Waals surface area contributed by atoms with Crippen LogP contribution in [-0.4, -0.2) is 61.4 Å². The second-order valence-corrected chi connectivity index (χ2v) is 8.64. The van der Waals surface area contributed by atoms with Crippen LogP contribution >= 0.6 is 0 Å². The zero-order chi connectivity index (χ0) is 18.4. The van der Waals surface area contributed by atoms with Crippen LogP contribution in [0.25, 0.3) is 0 Å². The highest BCUT2D eigenvalue weighted by Crippen LogP contribution is 2.69. The van der Waals surface area contributed by atoms with Gasteiger partial charge in [0.2, 0.25) is 0 Å². The van der Waals surface area contributed by atoms with Crippen LogP contribution in [-0.2, 0) is 23.9 Å². The van der Waals surface area contributed by atoms with E-state index in [0.717, 1.165) is 39.3 Å². The smallest absolute Gasteiger partial charge is 0.325 e. The first-order valence-corrected chi connectivity index (χ1v) is 9.26. The van der Waals surface area contributed by atoms with Gasteiger partial charge in [0.1, 0.15) is 0 Å². The maximum absolute atomic E-state index is 12.8. The summed E-state index contributed by atoms with van der Waals surface area (Å²) in [5, 5.41) is 0. The van der Waals surface area contributed by atoms with E-state index in [1.807, 2.05) is 27.7 Å². The zero-order valence-electron chi connectivity index (χ0n) is 15.7. The van der Waals surface area contributed by atoms with Crippen molar-refractivity contribution >= 4 is 17.5 Å². The van der Waals surface area contributed by atoms with Gasteiger partial charge in [0.25, 0.3) is 0 Å². The third-order valence-electron chi connectivity index (χ3n) is 6.73. The molecule has 0 aromatic rings. The van der Waals surface area contributed by atoms with Crippen LogP contribution < -0.4 is 0 Å². The molecule has 0 spiro atoms. The summed E-state index contributed by atoms with van der Waals surface area (Å²) in [5.41, 5.74) is -0.363. The molecule has 2 aliphatic heterocycles. The summed E-state index contributed by atoms with van der Waals surface area (Å²) in [4.78, 5) is 39.8. The molecule has 6 nitrogen and oxygen atoms in total. The van der Waals surface area contributed by atoms with Gasteiger partial charge >= 0.3 is 5.97 Å². The molecule has 3 aliphatic rings. The number of carbonyl (C=O) groups is 3. The van der Waals surface area contributed by atoms with Crippen LogP contribution in [0.5, 0.6) is 0 Å². The van der Waals surface area contributed by atoms with Crippen LogP contribution in [0, 0.1) is 22.7 Å². The maximum atomic E-state index is 12.8. The number of Topliss-reactive ketones (excluding diaryl/α,β-unsaturated/α-hetero) is 2. The Morgan fingerprint density at radius 1 is 1.12 bits per heavy atom. The van der Waals surface area contributed by atoms with Crippen molar-refractivity contribution in [2.75, 3.05) is 32.8 Å². The lowest BCUT2D eigenvalue weighted by atomic mass is 9.91. The minimum absolute atomic E-state index is 0.181. The Bertz CT molecular complexity index is 562. The molecular formula is C19H29NO5. The lowest BCUT2D eigenvalue weighted by molar-refractivity contribution is -0.147. The second-order valence-electron chi connectivity index (χ2n) is 8.64. The van der Waals surface area contributed by atoms with Gasteiger partial charge in [-0.1, -0.05) is 27.7 Å². The zero-order valence-corrected chi connectivity index (χ0v) is 15.7. The molecule has 0 radical (unpaired) electrons. The Hall–Kier alpha value is -1.27. The Kier molecular flexibility index (Phi) is 4.79.